The Hall–Kier alpha value is -0.640. The Bertz CT molecular complexity index is 379. The molecule has 0 aliphatic heterocycles. The van der Waals surface area contributed by atoms with Gasteiger partial charge in [-0.1, -0.05) is 18.0 Å². The molecule has 18 heavy (non-hydrogen) atoms. The first-order valence-electron chi connectivity index (χ1n) is 6.47. The number of hydrogen-bond acceptors (Lipinski definition) is 2. The Morgan fingerprint density at radius 3 is 2.89 bits per heavy atom. The van der Waals surface area contributed by atoms with Gasteiger partial charge in [-0.25, -0.2) is 4.39 Å². The van der Waals surface area contributed by atoms with Crippen molar-refractivity contribution >= 4 is 11.6 Å². The number of benzene rings is 1. The van der Waals surface area contributed by atoms with Crippen molar-refractivity contribution in [1.29, 1.82) is 0 Å². The number of halogens is 2. The fourth-order valence-electron chi connectivity index (χ4n) is 2.58. The fourth-order valence-corrected chi connectivity index (χ4v) is 2.83. The molecule has 2 unspecified atom stereocenters. The highest BCUT2D eigenvalue weighted by Crippen LogP contribution is 2.23. The van der Waals surface area contributed by atoms with Gasteiger partial charge in [0.15, 0.2) is 0 Å². The maximum absolute atomic E-state index is 13.1. The van der Waals surface area contributed by atoms with E-state index >= 15 is 0 Å². The Balaban J connectivity index is 1.77. The van der Waals surface area contributed by atoms with Crippen molar-refractivity contribution in [2.45, 2.75) is 38.3 Å². The summed E-state index contributed by atoms with van der Waals surface area (Å²) < 4.78 is 13.1. The lowest BCUT2D eigenvalue weighted by atomic mass is 9.87. The van der Waals surface area contributed by atoms with Crippen LogP contribution < -0.4 is 5.32 Å². The number of rotatable bonds is 4. The predicted molar refractivity (Wildman–Crippen MR) is 71.1 cm³/mol. The van der Waals surface area contributed by atoms with E-state index < -0.39 is 0 Å². The molecule has 0 saturated heterocycles. The first-order valence-corrected chi connectivity index (χ1v) is 6.85. The van der Waals surface area contributed by atoms with Gasteiger partial charge in [-0.15, -0.1) is 0 Å². The molecule has 1 aromatic rings. The van der Waals surface area contributed by atoms with Crippen LogP contribution in [0.15, 0.2) is 18.2 Å². The highest BCUT2D eigenvalue weighted by atomic mass is 35.5. The van der Waals surface area contributed by atoms with Gasteiger partial charge in [-0.3, -0.25) is 0 Å². The smallest absolute Gasteiger partial charge is 0.125 e. The molecule has 0 spiro atoms. The highest BCUT2D eigenvalue weighted by molar-refractivity contribution is 6.30. The van der Waals surface area contributed by atoms with Gasteiger partial charge in [0.05, 0.1) is 6.10 Å². The van der Waals surface area contributed by atoms with E-state index in [0.717, 1.165) is 37.8 Å². The number of nitrogens with one attached hydrogen (secondary N) is 1. The lowest BCUT2D eigenvalue weighted by molar-refractivity contribution is 0.101. The number of aliphatic hydroxyl groups excluding tert-OH is 1. The van der Waals surface area contributed by atoms with Crippen molar-refractivity contribution in [2.75, 3.05) is 6.54 Å². The lowest BCUT2D eigenvalue weighted by Crippen LogP contribution is -2.28. The van der Waals surface area contributed by atoms with Gasteiger partial charge in [0, 0.05) is 11.6 Å². The molecule has 1 fully saturated rings. The second kappa shape index (κ2) is 6.50. The molecule has 2 N–H and O–H groups in total. The van der Waals surface area contributed by atoms with Crippen LogP contribution >= 0.6 is 11.6 Å². The molecular weight excluding hydrogens is 253 g/mol. The lowest BCUT2D eigenvalue weighted by Gasteiger charge is -2.26. The van der Waals surface area contributed by atoms with Crippen molar-refractivity contribution < 1.29 is 9.50 Å². The van der Waals surface area contributed by atoms with Crippen LogP contribution in [0.5, 0.6) is 0 Å². The van der Waals surface area contributed by atoms with Gasteiger partial charge in [0.2, 0.25) is 0 Å². The van der Waals surface area contributed by atoms with E-state index in [9.17, 15) is 9.50 Å². The van der Waals surface area contributed by atoms with Crippen LogP contribution in [0.1, 0.15) is 31.2 Å². The summed E-state index contributed by atoms with van der Waals surface area (Å²) in [6.45, 7) is 1.48. The van der Waals surface area contributed by atoms with E-state index in [-0.39, 0.29) is 11.9 Å². The van der Waals surface area contributed by atoms with Crippen molar-refractivity contribution in [1.82, 2.24) is 5.32 Å². The normalized spacial score (nSPS) is 24.2. The Morgan fingerprint density at radius 2 is 2.17 bits per heavy atom. The summed E-state index contributed by atoms with van der Waals surface area (Å²) in [5.74, 6) is 0.227. The van der Waals surface area contributed by atoms with Gasteiger partial charge in [-0.2, -0.15) is 0 Å². The van der Waals surface area contributed by atoms with Gasteiger partial charge in [-0.05, 0) is 55.5 Å². The van der Waals surface area contributed by atoms with E-state index in [0.29, 0.717) is 17.5 Å². The third-order valence-electron chi connectivity index (χ3n) is 3.44. The number of hydrogen-bond donors (Lipinski definition) is 2. The topological polar surface area (TPSA) is 32.3 Å². The molecule has 1 aliphatic rings. The third-order valence-corrected chi connectivity index (χ3v) is 3.66. The molecule has 100 valence electrons. The molecule has 2 atom stereocenters. The second-order valence-corrected chi connectivity index (χ2v) is 5.53. The van der Waals surface area contributed by atoms with Gasteiger partial charge >= 0.3 is 0 Å². The minimum Gasteiger partial charge on any atom is -0.393 e. The van der Waals surface area contributed by atoms with Crippen LogP contribution in [0.25, 0.3) is 0 Å². The van der Waals surface area contributed by atoms with Crippen LogP contribution in [0.2, 0.25) is 5.02 Å². The quantitative estimate of drug-likeness (QED) is 0.882. The average molecular weight is 272 g/mol. The van der Waals surface area contributed by atoms with Crippen LogP contribution in [-0.4, -0.2) is 17.8 Å². The molecule has 1 saturated carbocycles. The second-order valence-electron chi connectivity index (χ2n) is 5.10. The Kier molecular flexibility index (Phi) is 4.98. The zero-order chi connectivity index (χ0) is 13.0. The van der Waals surface area contributed by atoms with Gasteiger partial charge in [0.25, 0.3) is 0 Å². The molecule has 0 aromatic heterocycles. The number of aliphatic hydroxyl groups is 1. The zero-order valence-corrected chi connectivity index (χ0v) is 11.1. The van der Waals surface area contributed by atoms with E-state index in [1.165, 1.54) is 12.1 Å². The molecule has 0 amide bonds. The summed E-state index contributed by atoms with van der Waals surface area (Å²) in [5, 5.41) is 13.3. The molecule has 1 aliphatic carbocycles. The fraction of sp³-hybridized carbons (Fsp3) is 0.571. The van der Waals surface area contributed by atoms with E-state index in [2.05, 4.69) is 5.32 Å². The van der Waals surface area contributed by atoms with Crippen LogP contribution in [-0.2, 0) is 6.54 Å². The maximum Gasteiger partial charge on any atom is 0.125 e. The molecule has 0 radical (unpaired) electrons. The van der Waals surface area contributed by atoms with E-state index in [4.69, 9.17) is 11.6 Å². The molecule has 4 heteroatoms. The summed E-state index contributed by atoms with van der Waals surface area (Å²) >= 11 is 5.80. The minimum absolute atomic E-state index is 0.144. The molecule has 0 heterocycles. The first kappa shape index (κ1) is 13.8. The Morgan fingerprint density at radius 1 is 1.33 bits per heavy atom. The predicted octanol–water partition coefficient (Wildman–Crippen LogP) is 3.12. The first-order chi connectivity index (χ1) is 8.63. The third kappa shape index (κ3) is 4.23. The summed E-state index contributed by atoms with van der Waals surface area (Å²) in [4.78, 5) is 0. The van der Waals surface area contributed by atoms with E-state index in [1.807, 2.05) is 0 Å². The summed E-state index contributed by atoms with van der Waals surface area (Å²) in [7, 11) is 0. The summed E-state index contributed by atoms with van der Waals surface area (Å²) in [5.41, 5.74) is 0.858. The highest BCUT2D eigenvalue weighted by Gasteiger charge is 2.19. The van der Waals surface area contributed by atoms with Crippen molar-refractivity contribution in [3.8, 4) is 0 Å². The molecule has 0 bridgehead atoms. The SMILES string of the molecule is OC1CCCC(CNCc2cc(F)cc(Cl)c2)C1. The van der Waals surface area contributed by atoms with Gasteiger partial charge in [0.1, 0.15) is 5.82 Å². The van der Waals surface area contributed by atoms with Crippen LogP contribution in [0, 0.1) is 11.7 Å². The van der Waals surface area contributed by atoms with Crippen molar-refractivity contribution in [3.63, 3.8) is 0 Å². The zero-order valence-electron chi connectivity index (χ0n) is 10.3. The summed E-state index contributed by atoms with van der Waals surface area (Å²) in [6.07, 6.45) is 3.91. The maximum atomic E-state index is 13.1. The molecule has 2 nitrogen and oxygen atoms in total. The van der Waals surface area contributed by atoms with Crippen LogP contribution in [0.4, 0.5) is 4.39 Å². The Labute approximate surface area is 112 Å². The monoisotopic (exact) mass is 271 g/mol. The average Bonchev–Trinajstić information content (AvgIpc) is 2.27. The standard InChI is InChI=1S/C14H19ClFNO/c15-12-4-11(5-13(16)7-12)9-17-8-10-2-1-3-14(18)6-10/h4-5,7,10,14,17-18H,1-3,6,8-9H2. The minimum atomic E-state index is -0.299. The van der Waals surface area contributed by atoms with Crippen LogP contribution in [0.3, 0.4) is 0 Å². The van der Waals surface area contributed by atoms with Gasteiger partial charge < -0.3 is 10.4 Å². The van der Waals surface area contributed by atoms with Crippen molar-refractivity contribution in [3.05, 3.63) is 34.6 Å². The van der Waals surface area contributed by atoms with E-state index in [1.54, 1.807) is 6.07 Å². The molecular formula is C14H19ClFNO. The molecule has 1 aromatic carbocycles. The largest absolute Gasteiger partial charge is 0.393 e. The molecule has 2 rings (SSSR count). The summed E-state index contributed by atoms with van der Waals surface area (Å²) in [6, 6.07) is 4.57. The van der Waals surface area contributed by atoms with Crippen molar-refractivity contribution in [2.24, 2.45) is 5.92 Å².